The van der Waals surface area contributed by atoms with Gasteiger partial charge in [-0.15, -0.1) is 30.3 Å². The van der Waals surface area contributed by atoms with Crippen LogP contribution in [0.4, 0.5) is 22.9 Å². The summed E-state index contributed by atoms with van der Waals surface area (Å²) in [5, 5.41) is 3.22. The number of hydrogen-bond donors (Lipinski definition) is 0. The van der Waals surface area contributed by atoms with Gasteiger partial charge in [-0.2, -0.15) is 0 Å². The van der Waals surface area contributed by atoms with Crippen molar-refractivity contribution in [2.75, 3.05) is 9.62 Å². The number of imidazole rings is 1. The molecule has 9 aromatic rings. The van der Waals surface area contributed by atoms with Crippen LogP contribution in [0.3, 0.4) is 0 Å². The van der Waals surface area contributed by atoms with Crippen LogP contribution >= 0.6 is 0 Å². The Balaban J connectivity index is 0.00000432. The molecule has 62 heavy (non-hydrogen) atoms. The van der Waals surface area contributed by atoms with E-state index in [1.54, 1.807) is 0 Å². The molecule has 0 aliphatic carbocycles. The molecule has 6 heterocycles. The zero-order valence-corrected chi connectivity index (χ0v) is 38.1. The summed E-state index contributed by atoms with van der Waals surface area (Å²) in [6.07, 6.45) is 1.93. The van der Waals surface area contributed by atoms with Gasteiger partial charge in [0.1, 0.15) is 5.82 Å². The topological polar surface area (TPSA) is 45.9 Å². The van der Waals surface area contributed by atoms with E-state index in [-0.39, 0.29) is 44.3 Å². The molecule has 8 heteroatoms. The monoisotopic (exact) mass is 984 g/mol. The van der Waals surface area contributed by atoms with Gasteiger partial charge in [0, 0.05) is 56.6 Å². The minimum atomic E-state index is -0.235. The predicted octanol–water partition coefficient (Wildman–Crippen LogP) is 12.6. The Labute approximate surface area is 377 Å². The molecule has 0 unspecified atom stereocenters. The van der Waals surface area contributed by atoms with Crippen LogP contribution in [-0.4, -0.2) is 21.4 Å². The number of rotatable bonds is 4. The first-order valence-electron chi connectivity index (χ1n) is 21.3. The van der Waals surface area contributed by atoms with Gasteiger partial charge in [-0.3, -0.25) is 4.98 Å². The molecular formula is C54H44BN5OPt. The molecule has 0 bridgehead atoms. The van der Waals surface area contributed by atoms with E-state index in [2.05, 4.69) is 196 Å². The molecule has 3 aliphatic heterocycles. The number of anilines is 4. The number of para-hydroxylation sites is 2. The zero-order chi connectivity index (χ0) is 41.6. The fraction of sp³-hybridized carbons (Fsp3) is 0.185. The van der Waals surface area contributed by atoms with Gasteiger partial charge in [-0.25, -0.2) is 4.98 Å². The van der Waals surface area contributed by atoms with Crippen LogP contribution in [0.5, 0.6) is 11.5 Å². The Hall–Kier alpha value is -6.17. The smallest absolute Gasteiger partial charge is 0.503 e. The second kappa shape index (κ2) is 13.4. The van der Waals surface area contributed by atoms with Gasteiger partial charge in [-0.1, -0.05) is 168 Å². The molecule has 0 atom stereocenters. The number of nitrogens with zero attached hydrogens (tertiary/aromatic N) is 5. The second-order valence-corrected chi connectivity index (χ2v) is 18.9. The fourth-order valence-electron chi connectivity index (χ4n) is 10.3. The zero-order valence-electron chi connectivity index (χ0n) is 35.8. The average Bonchev–Trinajstić information content (AvgIpc) is 3.84. The van der Waals surface area contributed by atoms with E-state index in [4.69, 9.17) is 14.7 Å². The summed E-state index contributed by atoms with van der Waals surface area (Å²) in [7, 11) is 0. The molecule has 3 aliphatic rings. The first-order chi connectivity index (χ1) is 29.4. The Morgan fingerprint density at radius 1 is 0.661 bits per heavy atom. The third kappa shape index (κ3) is 5.27. The molecule has 0 radical (unpaired) electrons. The summed E-state index contributed by atoms with van der Waals surface area (Å²) < 4.78 is 9.27. The number of hydrogen-bond acceptors (Lipinski definition) is 5. The van der Waals surface area contributed by atoms with Crippen molar-refractivity contribution in [2.24, 2.45) is 0 Å². The van der Waals surface area contributed by atoms with Crippen molar-refractivity contribution in [3.8, 4) is 33.9 Å². The minimum absolute atomic E-state index is 0. The summed E-state index contributed by atoms with van der Waals surface area (Å²) in [5.74, 6) is 2.07. The van der Waals surface area contributed by atoms with E-state index in [1.165, 1.54) is 44.3 Å². The number of aromatic nitrogens is 3. The van der Waals surface area contributed by atoms with Gasteiger partial charge >= 0.3 is 28.0 Å². The van der Waals surface area contributed by atoms with E-state index < -0.39 is 0 Å². The molecule has 0 saturated heterocycles. The van der Waals surface area contributed by atoms with Crippen LogP contribution in [0.15, 0.2) is 140 Å². The molecule has 0 amide bonds. The van der Waals surface area contributed by atoms with Crippen molar-refractivity contribution >= 4 is 62.6 Å². The first kappa shape index (κ1) is 38.7. The molecule has 6 nitrogen and oxygen atoms in total. The fourth-order valence-corrected chi connectivity index (χ4v) is 10.3. The standard InChI is InChI=1S/C54H44BN5O.Pt/c1-52(2,3)34-28-29-56-47(30-34)60-46-32-36(25-27-45(46)59-44-23-14-12-19-39(44)38-18-11-13-22-43(38)55(59)60)61-35-24-26-37-40-20-15-21-42-49(40)58-50(54(6,7)53(42,4)5)48(33-16-9-8-10-17-33)57-51(58)41(37)31-35;/h8-30H,1-7H3;/q-2;+2. The van der Waals surface area contributed by atoms with Crippen molar-refractivity contribution in [3.63, 3.8) is 0 Å². The second-order valence-electron chi connectivity index (χ2n) is 18.9. The molecular weight excluding hydrogens is 941 g/mol. The van der Waals surface area contributed by atoms with Crippen molar-refractivity contribution in [1.82, 2.24) is 14.4 Å². The average molecular weight is 985 g/mol. The number of fused-ring (bicyclic) bond motifs is 11. The van der Waals surface area contributed by atoms with E-state index >= 15 is 0 Å². The van der Waals surface area contributed by atoms with E-state index in [0.29, 0.717) is 11.5 Å². The largest absolute Gasteiger partial charge is 2.00 e. The summed E-state index contributed by atoms with van der Waals surface area (Å²) >= 11 is 0. The molecule has 0 fully saturated rings. The molecule has 12 rings (SSSR count). The van der Waals surface area contributed by atoms with E-state index in [1.807, 2.05) is 18.3 Å². The summed E-state index contributed by atoms with van der Waals surface area (Å²) in [4.78, 5) is 15.3. The number of benzene rings is 6. The Morgan fingerprint density at radius 2 is 1.39 bits per heavy atom. The summed E-state index contributed by atoms with van der Waals surface area (Å²) in [5.41, 5.74) is 14.3. The molecule has 0 spiro atoms. The van der Waals surface area contributed by atoms with Gasteiger partial charge in [0.15, 0.2) is 0 Å². The Morgan fingerprint density at radius 3 is 2.19 bits per heavy atom. The maximum atomic E-state index is 6.85. The number of ether oxygens (including phenoxy) is 1. The quantitative estimate of drug-likeness (QED) is 0.0999. The van der Waals surface area contributed by atoms with Crippen LogP contribution in [-0.2, 0) is 37.3 Å². The van der Waals surface area contributed by atoms with E-state index in [9.17, 15) is 0 Å². The van der Waals surface area contributed by atoms with E-state index in [0.717, 1.165) is 50.6 Å². The molecule has 0 N–H and O–H groups in total. The van der Waals surface area contributed by atoms with Gasteiger partial charge in [-0.05, 0) is 51.2 Å². The first-order valence-corrected chi connectivity index (χ1v) is 21.3. The Kier molecular flexibility index (Phi) is 8.38. The summed E-state index contributed by atoms with van der Waals surface area (Å²) in [6, 6.07) is 55.1. The molecule has 6 aromatic carbocycles. The maximum Gasteiger partial charge on any atom is 2.00 e. The maximum absolute atomic E-state index is 6.85. The summed E-state index contributed by atoms with van der Waals surface area (Å²) in [6.45, 7) is 16.1. The third-order valence-corrected chi connectivity index (χ3v) is 14.1. The normalized spacial score (nSPS) is 15.4. The SMILES string of the molecule is CC(C)(C)c1ccnc(N2B3c4ccccc4-c4ccccc4N3c3ccc(Oc4[c-]c5c(cc4)c4cccc6c4n4c(c(-c7ccccc7)nc54)C(C)(C)C6(C)C)[c-]c32)c1.[Pt+2]. The van der Waals surface area contributed by atoms with Crippen molar-refractivity contribution < 1.29 is 25.8 Å². The Bertz CT molecular complexity index is 3310. The van der Waals surface area contributed by atoms with Crippen LogP contribution in [0.25, 0.3) is 49.7 Å². The third-order valence-electron chi connectivity index (χ3n) is 14.1. The van der Waals surface area contributed by atoms with Crippen LogP contribution < -0.4 is 19.8 Å². The molecule has 3 aromatic heterocycles. The number of pyridine rings is 2. The van der Waals surface area contributed by atoms with Gasteiger partial charge in [0.2, 0.25) is 0 Å². The van der Waals surface area contributed by atoms with Gasteiger partial charge < -0.3 is 18.8 Å². The van der Waals surface area contributed by atoms with Gasteiger partial charge in [0.25, 0.3) is 0 Å². The van der Waals surface area contributed by atoms with Crippen LogP contribution in [0, 0.1) is 12.1 Å². The molecule has 0 saturated carbocycles. The minimum Gasteiger partial charge on any atom is -0.503 e. The van der Waals surface area contributed by atoms with Crippen molar-refractivity contribution in [1.29, 1.82) is 0 Å². The van der Waals surface area contributed by atoms with Crippen molar-refractivity contribution in [2.45, 2.75) is 64.7 Å². The predicted molar refractivity (Wildman–Crippen MR) is 250 cm³/mol. The van der Waals surface area contributed by atoms with Crippen LogP contribution in [0.2, 0.25) is 0 Å². The van der Waals surface area contributed by atoms with Crippen molar-refractivity contribution in [3.05, 3.63) is 169 Å². The van der Waals surface area contributed by atoms with Gasteiger partial charge in [0.05, 0.1) is 11.3 Å². The van der Waals surface area contributed by atoms with Crippen LogP contribution in [0.1, 0.15) is 65.3 Å². The molecule has 304 valence electrons.